The average Bonchev–Trinajstić information content (AvgIpc) is 2.49. The molecule has 0 aliphatic carbocycles. The number of aryl methyl sites for hydroxylation is 2. The van der Waals surface area contributed by atoms with E-state index in [9.17, 15) is 0 Å². The maximum atomic E-state index is 8.38. The molecule has 0 spiro atoms. The molecule has 0 radical (unpaired) electrons. The Hall–Kier alpha value is -0.760. The fourth-order valence-electron chi connectivity index (χ4n) is 1.54. The second-order valence-electron chi connectivity index (χ2n) is 3.77. The maximum Gasteiger partial charge on any atom is 0.131 e. The highest BCUT2D eigenvalue weighted by atomic mass is 35.5. The van der Waals surface area contributed by atoms with Crippen molar-refractivity contribution >= 4 is 24.0 Å². The fourth-order valence-corrected chi connectivity index (χ4v) is 1.78. The van der Waals surface area contributed by atoms with Gasteiger partial charge in [-0.1, -0.05) is 11.6 Å². The first-order valence-electron chi connectivity index (χ1n) is 5.42. The molecule has 0 amide bonds. The summed E-state index contributed by atoms with van der Waals surface area (Å²) in [6, 6.07) is 2.14. The van der Waals surface area contributed by atoms with Gasteiger partial charge in [0.05, 0.1) is 11.8 Å². The van der Waals surface area contributed by atoms with Gasteiger partial charge in [0.2, 0.25) is 0 Å². The number of nitrogens with zero attached hydrogens (tertiary/aromatic N) is 3. The Labute approximate surface area is 113 Å². The smallest absolute Gasteiger partial charge is 0.131 e. The second kappa shape index (κ2) is 8.35. The topological polar surface area (TPSA) is 53.6 Å². The van der Waals surface area contributed by atoms with E-state index in [1.807, 2.05) is 14.0 Å². The number of nitrogens with one attached hydrogen (secondary N) is 1. The molecule has 4 nitrogen and oxygen atoms in total. The van der Waals surface area contributed by atoms with E-state index in [2.05, 4.69) is 16.5 Å². The summed E-state index contributed by atoms with van der Waals surface area (Å²) >= 11 is 6.09. The molecule has 6 heteroatoms. The molecule has 1 rings (SSSR count). The van der Waals surface area contributed by atoms with Crippen LogP contribution in [0.1, 0.15) is 30.5 Å². The molecule has 0 saturated heterocycles. The maximum absolute atomic E-state index is 8.38. The third kappa shape index (κ3) is 4.95. The van der Waals surface area contributed by atoms with Crippen molar-refractivity contribution in [1.29, 1.82) is 5.26 Å². The summed E-state index contributed by atoms with van der Waals surface area (Å²) in [6.07, 6.45) is 2.60. The monoisotopic (exact) mass is 276 g/mol. The van der Waals surface area contributed by atoms with Gasteiger partial charge in [0, 0.05) is 25.6 Å². The van der Waals surface area contributed by atoms with Crippen molar-refractivity contribution in [1.82, 2.24) is 15.1 Å². The van der Waals surface area contributed by atoms with Gasteiger partial charge in [0.1, 0.15) is 5.15 Å². The zero-order valence-electron chi connectivity index (χ0n) is 10.2. The SMILES string of the molecule is Cc1nn(C)c(Cl)c1CNCCCCC#N.Cl. The Kier molecular flexibility index (Phi) is 7.98. The number of hydrogen-bond donors (Lipinski definition) is 1. The molecule has 0 aliphatic heterocycles. The molecule has 0 unspecified atom stereocenters. The molecule has 96 valence electrons. The van der Waals surface area contributed by atoms with Crippen molar-refractivity contribution in [2.45, 2.75) is 32.7 Å². The molecule has 0 aromatic carbocycles. The quantitative estimate of drug-likeness (QED) is 0.813. The third-order valence-electron chi connectivity index (χ3n) is 2.46. The number of halogens is 2. The predicted octanol–water partition coefficient (Wildman–Crippen LogP) is 2.59. The van der Waals surface area contributed by atoms with Crippen molar-refractivity contribution in [3.63, 3.8) is 0 Å². The van der Waals surface area contributed by atoms with Gasteiger partial charge in [-0.05, 0) is 26.3 Å². The minimum atomic E-state index is 0. The summed E-state index contributed by atoms with van der Waals surface area (Å²) in [7, 11) is 1.84. The van der Waals surface area contributed by atoms with Crippen LogP contribution in [0.5, 0.6) is 0 Å². The minimum absolute atomic E-state index is 0. The van der Waals surface area contributed by atoms with Crippen LogP contribution in [0.25, 0.3) is 0 Å². The molecule has 1 N–H and O–H groups in total. The summed E-state index contributed by atoms with van der Waals surface area (Å²) in [5, 5.41) is 16.6. The summed E-state index contributed by atoms with van der Waals surface area (Å²) in [5.41, 5.74) is 2.03. The van der Waals surface area contributed by atoms with Gasteiger partial charge in [-0.3, -0.25) is 4.68 Å². The first-order chi connectivity index (χ1) is 7.66. The van der Waals surface area contributed by atoms with Crippen LogP contribution < -0.4 is 5.32 Å². The molecule has 1 aromatic rings. The Bertz CT molecular complexity index is 382. The van der Waals surface area contributed by atoms with E-state index in [4.69, 9.17) is 16.9 Å². The molecule has 0 saturated carbocycles. The highest BCUT2D eigenvalue weighted by molar-refractivity contribution is 6.30. The molecule has 0 bridgehead atoms. The summed E-state index contributed by atoms with van der Waals surface area (Å²) < 4.78 is 1.68. The van der Waals surface area contributed by atoms with Crippen molar-refractivity contribution in [3.05, 3.63) is 16.4 Å². The van der Waals surface area contributed by atoms with Crippen molar-refractivity contribution in [2.75, 3.05) is 6.54 Å². The van der Waals surface area contributed by atoms with Crippen LogP contribution in [0.3, 0.4) is 0 Å². The number of unbranched alkanes of at least 4 members (excludes halogenated alkanes) is 2. The van der Waals surface area contributed by atoms with E-state index >= 15 is 0 Å². The Balaban J connectivity index is 0.00000256. The number of rotatable bonds is 6. The van der Waals surface area contributed by atoms with Crippen LogP contribution in [-0.4, -0.2) is 16.3 Å². The number of hydrogen-bond acceptors (Lipinski definition) is 3. The lowest BCUT2D eigenvalue weighted by Gasteiger charge is -2.03. The Morgan fingerprint density at radius 2 is 2.18 bits per heavy atom. The van der Waals surface area contributed by atoms with Crippen LogP contribution in [0.4, 0.5) is 0 Å². The van der Waals surface area contributed by atoms with Crippen LogP contribution >= 0.6 is 24.0 Å². The standard InChI is InChI=1S/C11H17ClN4.ClH/c1-9-10(11(12)16(2)15-9)8-14-7-5-3-4-6-13;/h14H,3-5,7-8H2,1-2H3;1H. The molecular formula is C11H18Cl2N4. The summed E-state index contributed by atoms with van der Waals surface area (Å²) in [6.45, 7) is 3.61. The van der Waals surface area contributed by atoms with Crippen molar-refractivity contribution in [2.24, 2.45) is 7.05 Å². The summed E-state index contributed by atoms with van der Waals surface area (Å²) in [4.78, 5) is 0. The van der Waals surface area contributed by atoms with Crippen molar-refractivity contribution < 1.29 is 0 Å². The zero-order chi connectivity index (χ0) is 12.0. The zero-order valence-corrected chi connectivity index (χ0v) is 11.7. The normalized spacial score (nSPS) is 9.76. The van der Waals surface area contributed by atoms with E-state index in [1.54, 1.807) is 4.68 Å². The van der Waals surface area contributed by atoms with Crippen LogP contribution in [-0.2, 0) is 13.6 Å². The molecule has 17 heavy (non-hydrogen) atoms. The van der Waals surface area contributed by atoms with Crippen LogP contribution in [0.2, 0.25) is 5.15 Å². The van der Waals surface area contributed by atoms with E-state index in [-0.39, 0.29) is 12.4 Å². The van der Waals surface area contributed by atoms with E-state index in [0.29, 0.717) is 11.6 Å². The van der Waals surface area contributed by atoms with E-state index in [0.717, 1.165) is 37.2 Å². The molecule has 0 fully saturated rings. The number of aromatic nitrogens is 2. The molecule has 1 aromatic heterocycles. The molecule has 0 atom stereocenters. The summed E-state index contributed by atoms with van der Waals surface area (Å²) in [5.74, 6) is 0. The third-order valence-corrected chi connectivity index (χ3v) is 2.94. The largest absolute Gasteiger partial charge is 0.312 e. The van der Waals surface area contributed by atoms with Gasteiger partial charge in [0.15, 0.2) is 0 Å². The van der Waals surface area contributed by atoms with Crippen LogP contribution in [0, 0.1) is 18.3 Å². The lowest BCUT2D eigenvalue weighted by molar-refractivity contribution is 0.627. The van der Waals surface area contributed by atoms with Gasteiger partial charge in [-0.15, -0.1) is 12.4 Å². The average molecular weight is 277 g/mol. The van der Waals surface area contributed by atoms with E-state index < -0.39 is 0 Å². The van der Waals surface area contributed by atoms with Gasteiger partial charge in [-0.25, -0.2) is 0 Å². The lowest BCUT2D eigenvalue weighted by atomic mass is 10.2. The van der Waals surface area contributed by atoms with Crippen molar-refractivity contribution in [3.8, 4) is 6.07 Å². The molecular weight excluding hydrogens is 259 g/mol. The van der Waals surface area contributed by atoms with Gasteiger partial charge >= 0.3 is 0 Å². The van der Waals surface area contributed by atoms with Gasteiger partial charge in [0.25, 0.3) is 0 Å². The first-order valence-corrected chi connectivity index (χ1v) is 5.80. The molecule has 1 heterocycles. The predicted molar refractivity (Wildman–Crippen MR) is 71.4 cm³/mol. The lowest BCUT2D eigenvalue weighted by Crippen LogP contribution is -2.15. The highest BCUT2D eigenvalue weighted by Gasteiger charge is 2.09. The Morgan fingerprint density at radius 1 is 1.47 bits per heavy atom. The van der Waals surface area contributed by atoms with Gasteiger partial charge < -0.3 is 5.32 Å². The minimum Gasteiger partial charge on any atom is -0.312 e. The first kappa shape index (κ1) is 16.2. The van der Waals surface area contributed by atoms with E-state index in [1.165, 1.54) is 0 Å². The second-order valence-corrected chi connectivity index (χ2v) is 4.13. The fraction of sp³-hybridized carbons (Fsp3) is 0.636. The Morgan fingerprint density at radius 3 is 2.71 bits per heavy atom. The van der Waals surface area contributed by atoms with Gasteiger partial charge in [-0.2, -0.15) is 10.4 Å². The molecule has 0 aliphatic rings. The number of nitriles is 1. The van der Waals surface area contributed by atoms with Crippen LogP contribution in [0.15, 0.2) is 0 Å². The highest BCUT2D eigenvalue weighted by Crippen LogP contribution is 2.17.